The summed E-state index contributed by atoms with van der Waals surface area (Å²) in [6.07, 6.45) is 0.407. The Hall–Kier alpha value is -1.99. The predicted octanol–water partition coefficient (Wildman–Crippen LogP) is 0.904. The third kappa shape index (κ3) is 2.72. The molecular formula is C11H10ClN3O4. The molecule has 1 N–H and O–H groups in total. The molecule has 1 aromatic carbocycles. The van der Waals surface area contributed by atoms with Gasteiger partial charge in [0.2, 0.25) is 0 Å². The fraction of sp³-hybridized carbons (Fsp3) is 0.273. The third-order valence-corrected chi connectivity index (χ3v) is 2.96. The SMILES string of the molecule is O=c1c2cc([N+](=O)[O-])ccc2ncn1CC(O)CCl. The van der Waals surface area contributed by atoms with E-state index in [1.807, 2.05) is 0 Å². The molecule has 2 rings (SSSR count). The maximum absolute atomic E-state index is 12.1. The molecule has 100 valence electrons. The molecule has 7 nitrogen and oxygen atoms in total. The van der Waals surface area contributed by atoms with E-state index in [-0.39, 0.29) is 23.5 Å². The number of alkyl halides is 1. The van der Waals surface area contributed by atoms with E-state index in [1.165, 1.54) is 29.1 Å². The van der Waals surface area contributed by atoms with Crippen LogP contribution >= 0.6 is 11.6 Å². The van der Waals surface area contributed by atoms with Crippen LogP contribution < -0.4 is 5.56 Å². The summed E-state index contributed by atoms with van der Waals surface area (Å²) in [6.45, 7) is -0.00599. The Labute approximate surface area is 112 Å². The summed E-state index contributed by atoms with van der Waals surface area (Å²) in [7, 11) is 0. The van der Waals surface area contributed by atoms with E-state index in [0.717, 1.165) is 0 Å². The first kappa shape index (κ1) is 13.4. The average Bonchev–Trinajstić information content (AvgIpc) is 2.41. The van der Waals surface area contributed by atoms with Gasteiger partial charge in [-0.05, 0) is 6.07 Å². The summed E-state index contributed by atoms with van der Waals surface area (Å²) in [6, 6.07) is 3.87. The van der Waals surface area contributed by atoms with Gasteiger partial charge in [-0.15, -0.1) is 11.6 Å². The van der Waals surface area contributed by atoms with Crippen molar-refractivity contribution in [2.24, 2.45) is 0 Å². The van der Waals surface area contributed by atoms with Crippen LogP contribution in [0.25, 0.3) is 10.9 Å². The zero-order valence-electron chi connectivity index (χ0n) is 9.69. The van der Waals surface area contributed by atoms with Gasteiger partial charge in [0, 0.05) is 12.1 Å². The molecule has 2 aromatic rings. The predicted molar refractivity (Wildman–Crippen MR) is 69.4 cm³/mol. The summed E-state index contributed by atoms with van der Waals surface area (Å²) in [5.74, 6) is -0.0145. The molecule has 0 amide bonds. The molecule has 0 radical (unpaired) electrons. The largest absolute Gasteiger partial charge is 0.390 e. The normalized spacial score (nSPS) is 12.5. The van der Waals surface area contributed by atoms with E-state index in [4.69, 9.17) is 11.6 Å². The van der Waals surface area contributed by atoms with Crippen molar-refractivity contribution in [2.45, 2.75) is 12.6 Å². The number of aromatic nitrogens is 2. The quantitative estimate of drug-likeness (QED) is 0.511. The van der Waals surface area contributed by atoms with Crippen LogP contribution in [0, 0.1) is 10.1 Å². The fourth-order valence-corrected chi connectivity index (χ4v) is 1.76. The van der Waals surface area contributed by atoms with Crippen LogP contribution in [0.5, 0.6) is 0 Å². The van der Waals surface area contributed by atoms with E-state index < -0.39 is 16.6 Å². The second-order valence-corrected chi connectivity index (χ2v) is 4.28. The second-order valence-electron chi connectivity index (χ2n) is 3.97. The Morgan fingerprint density at radius 3 is 2.89 bits per heavy atom. The van der Waals surface area contributed by atoms with Gasteiger partial charge in [-0.2, -0.15) is 0 Å². The highest BCUT2D eigenvalue weighted by atomic mass is 35.5. The number of halogens is 1. The minimum atomic E-state index is -0.877. The summed E-state index contributed by atoms with van der Waals surface area (Å²) in [4.78, 5) is 26.2. The molecule has 0 fully saturated rings. The third-order valence-electron chi connectivity index (χ3n) is 2.60. The summed E-state index contributed by atoms with van der Waals surface area (Å²) in [5.41, 5.74) is -0.257. The number of nitro groups is 1. The highest BCUT2D eigenvalue weighted by Gasteiger charge is 2.12. The molecule has 0 saturated heterocycles. The van der Waals surface area contributed by atoms with Crippen LogP contribution in [0.15, 0.2) is 29.3 Å². The molecule has 0 aliphatic rings. The van der Waals surface area contributed by atoms with Crippen molar-refractivity contribution in [1.82, 2.24) is 9.55 Å². The first-order valence-corrected chi connectivity index (χ1v) is 5.94. The number of aliphatic hydroxyl groups excluding tert-OH is 1. The monoisotopic (exact) mass is 283 g/mol. The topological polar surface area (TPSA) is 98.3 Å². The molecule has 1 unspecified atom stereocenters. The Morgan fingerprint density at radius 2 is 2.26 bits per heavy atom. The minimum Gasteiger partial charge on any atom is -0.390 e. The Bertz CT molecular complexity index is 685. The summed E-state index contributed by atoms with van der Waals surface area (Å²) >= 11 is 5.46. The highest BCUT2D eigenvalue weighted by Crippen LogP contribution is 2.16. The maximum Gasteiger partial charge on any atom is 0.270 e. The van der Waals surface area contributed by atoms with Gasteiger partial charge in [-0.3, -0.25) is 19.5 Å². The lowest BCUT2D eigenvalue weighted by molar-refractivity contribution is -0.384. The smallest absolute Gasteiger partial charge is 0.270 e. The van der Waals surface area contributed by atoms with Gasteiger partial charge in [0.1, 0.15) is 0 Å². The van der Waals surface area contributed by atoms with Gasteiger partial charge < -0.3 is 5.11 Å². The van der Waals surface area contributed by atoms with Crippen LogP contribution in [-0.4, -0.2) is 31.6 Å². The van der Waals surface area contributed by atoms with E-state index in [2.05, 4.69) is 4.98 Å². The van der Waals surface area contributed by atoms with E-state index in [9.17, 15) is 20.0 Å². The molecule has 0 aliphatic heterocycles. The molecule has 0 bridgehead atoms. The number of non-ortho nitro benzene ring substituents is 1. The fourth-order valence-electron chi connectivity index (χ4n) is 1.67. The van der Waals surface area contributed by atoms with Crippen molar-refractivity contribution in [2.75, 3.05) is 5.88 Å². The number of aliphatic hydroxyl groups is 1. The summed E-state index contributed by atoms with van der Waals surface area (Å²) in [5, 5.41) is 20.2. The Balaban J connectivity index is 2.56. The van der Waals surface area contributed by atoms with Gasteiger partial charge in [0.25, 0.3) is 11.2 Å². The molecule has 8 heteroatoms. The first-order valence-electron chi connectivity index (χ1n) is 5.40. The Kier molecular flexibility index (Phi) is 3.77. The standard InChI is InChI=1S/C11H10ClN3O4/c12-4-8(16)5-14-6-13-10-2-1-7(15(18)19)3-9(10)11(14)17/h1-3,6,8,16H,4-5H2. The average molecular weight is 284 g/mol. The van der Waals surface area contributed by atoms with Gasteiger partial charge in [0.15, 0.2) is 0 Å². The number of nitrogens with zero attached hydrogens (tertiary/aromatic N) is 3. The van der Waals surface area contributed by atoms with E-state index in [0.29, 0.717) is 5.52 Å². The lowest BCUT2D eigenvalue weighted by atomic mass is 10.2. The molecule has 0 spiro atoms. The molecular weight excluding hydrogens is 274 g/mol. The first-order chi connectivity index (χ1) is 9.02. The van der Waals surface area contributed by atoms with Crippen LogP contribution in [-0.2, 0) is 6.54 Å². The van der Waals surface area contributed by atoms with E-state index >= 15 is 0 Å². The molecule has 0 aliphatic carbocycles. The minimum absolute atomic E-state index is 0.00599. The van der Waals surface area contributed by atoms with Crippen LogP contribution in [0.2, 0.25) is 0 Å². The number of benzene rings is 1. The zero-order chi connectivity index (χ0) is 14.0. The van der Waals surface area contributed by atoms with Crippen molar-refractivity contribution in [1.29, 1.82) is 0 Å². The van der Waals surface area contributed by atoms with Crippen molar-refractivity contribution in [3.05, 3.63) is 45.0 Å². The molecule has 1 heterocycles. The van der Waals surface area contributed by atoms with E-state index in [1.54, 1.807) is 0 Å². The number of fused-ring (bicyclic) bond motifs is 1. The zero-order valence-corrected chi connectivity index (χ0v) is 10.4. The molecule has 1 atom stereocenters. The van der Waals surface area contributed by atoms with Gasteiger partial charge in [-0.25, -0.2) is 4.98 Å². The lowest BCUT2D eigenvalue weighted by Crippen LogP contribution is -2.27. The van der Waals surface area contributed by atoms with Crippen LogP contribution in [0.1, 0.15) is 0 Å². The summed E-state index contributed by atoms with van der Waals surface area (Å²) < 4.78 is 1.18. The highest BCUT2D eigenvalue weighted by molar-refractivity contribution is 6.18. The lowest BCUT2D eigenvalue weighted by Gasteiger charge is -2.09. The van der Waals surface area contributed by atoms with Gasteiger partial charge in [-0.1, -0.05) is 0 Å². The maximum atomic E-state index is 12.1. The van der Waals surface area contributed by atoms with Crippen molar-refractivity contribution >= 4 is 28.2 Å². The number of hydrogen-bond donors (Lipinski definition) is 1. The van der Waals surface area contributed by atoms with Gasteiger partial charge in [0.05, 0.1) is 40.7 Å². The van der Waals surface area contributed by atoms with Crippen molar-refractivity contribution < 1.29 is 10.0 Å². The number of hydrogen-bond acceptors (Lipinski definition) is 5. The molecule has 0 saturated carbocycles. The van der Waals surface area contributed by atoms with Gasteiger partial charge >= 0.3 is 0 Å². The number of nitro benzene ring substituents is 1. The van der Waals surface area contributed by atoms with Crippen LogP contribution in [0.4, 0.5) is 5.69 Å². The second kappa shape index (κ2) is 5.33. The Morgan fingerprint density at radius 1 is 1.53 bits per heavy atom. The molecule has 1 aromatic heterocycles. The molecule has 19 heavy (non-hydrogen) atoms. The van der Waals surface area contributed by atoms with Crippen molar-refractivity contribution in [3.63, 3.8) is 0 Å². The van der Waals surface area contributed by atoms with Crippen LogP contribution in [0.3, 0.4) is 0 Å². The number of rotatable bonds is 4. The van der Waals surface area contributed by atoms with Crippen molar-refractivity contribution in [3.8, 4) is 0 Å².